The van der Waals surface area contributed by atoms with E-state index in [1.165, 1.54) is 16.0 Å². The van der Waals surface area contributed by atoms with Gasteiger partial charge in [0.25, 0.3) is 0 Å². The van der Waals surface area contributed by atoms with Gasteiger partial charge in [-0.25, -0.2) is 4.98 Å². The number of hydrogen-bond acceptors (Lipinski definition) is 5. The van der Waals surface area contributed by atoms with Crippen LogP contribution >= 0.6 is 27.3 Å². The van der Waals surface area contributed by atoms with Gasteiger partial charge in [0.15, 0.2) is 0 Å². The van der Waals surface area contributed by atoms with E-state index in [4.69, 9.17) is 5.73 Å². The lowest BCUT2D eigenvalue weighted by atomic mass is 10.1. The van der Waals surface area contributed by atoms with Crippen LogP contribution in [0.3, 0.4) is 0 Å². The molecule has 0 saturated heterocycles. The monoisotopic (exact) mass is 359 g/mol. The maximum Gasteiger partial charge on any atom is 0.212 e. The van der Waals surface area contributed by atoms with Gasteiger partial charge in [-0.3, -0.25) is 0 Å². The molecule has 0 aliphatic carbocycles. The lowest BCUT2D eigenvalue weighted by molar-refractivity contribution is 0.879. The van der Waals surface area contributed by atoms with Crippen molar-refractivity contribution in [3.05, 3.63) is 45.4 Å². The first-order valence-corrected chi connectivity index (χ1v) is 7.74. The van der Waals surface area contributed by atoms with E-state index in [9.17, 15) is 5.26 Å². The number of hydrogen-bond donors (Lipinski definition) is 1. The molecule has 0 atom stereocenters. The largest absolute Gasteiger partial charge is 0.382 e. The molecule has 0 unspecified atom stereocenters. The quantitative estimate of drug-likeness (QED) is 0.758. The summed E-state index contributed by atoms with van der Waals surface area (Å²) in [5, 5.41) is 16.4. The summed E-state index contributed by atoms with van der Waals surface area (Å²) in [5.74, 6) is 0.310. The number of benzene rings is 1. The van der Waals surface area contributed by atoms with Crippen LogP contribution in [-0.2, 0) is 0 Å². The van der Waals surface area contributed by atoms with Crippen molar-refractivity contribution in [2.75, 3.05) is 5.73 Å². The Morgan fingerprint density at radius 1 is 1.33 bits per heavy atom. The average molecular weight is 360 g/mol. The molecule has 1 aromatic carbocycles. The van der Waals surface area contributed by atoms with E-state index in [1.54, 1.807) is 0 Å². The van der Waals surface area contributed by atoms with Crippen LogP contribution in [0.4, 0.5) is 5.82 Å². The predicted octanol–water partition coefficient (Wildman–Crippen LogP) is 3.52. The minimum atomic E-state index is 0.310. The fourth-order valence-electron chi connectivity index (χ4n) is 1.94. The molecule has 2 heterocycles. The van der Waals surface area contributed by atoms with Crippen molar-refractivity contribution < 1.29 is 0 Å². The molecule has 0 spiro atoms. The summed E-state index contributed by atoms with van der Waals surface area (Å²) in [7, 11) is 0. The Bertz CT molecular complexity index is 841. The summed E-state index contributed by atoms with van der Waals surface area (Å²) in [6.45, 7) is 1.90. The Kier molecular flexibility index (Phi) is 3.49. The average Bonchev–Trinajstić information content (AvgIpc) is 3.03. The van der Waals surface area contributed by atoms with E-state index < -0.39 is 0 Å². The fraction of sp³-hybridized carbons (Fsp3) is 0.0714. The highest BCUT2D eigenvalue weighted by Crippen LogP contribution is 2.30. The normalized spacial score (nSPS) is 10.5. The first kappa shape index (κ1) is 13.8. The predicted molar refractivity (Wildman–Crippen MR) is 86.2 cm³/mol. The first-order chi connectivity index (χ1) is 10.1. The molecular formula is C14H10BrN5S. The number of aryl methyl sites for hydroxylation is 1. The number of nitriles is 1. The van der Waals surface area contributed by atoms with Gasteiger partial charge in [-0.15, -0.1) is 11.3 Å². The van der Waals surface area contributed by atoms with Crippen molar-refractivity contribution in [2.45, 2.75) is 6.92 Å². The number of nitrogens with zero attached hydrogens (tertiary/aromatic N) is 4. The van der Waals surface area contributed by atoms with Crippen LogP contribution in [0.1, 0.15) is 11.3 Å². The highest BCUT2D eigenvalue weighted by Gasteiger charge is 2.19. The van der Waals surface area contributed by atoms with Gasteiger partial charge in [0.2, 0.25) is 5.13 Å². The Morgan fingerprint density at radius 2 is 2.05 bits per heavy atom. The first-order valence-electron chi connectivity index (χ1n) is 6.07. The molecule has 21 heavy (non-hydrogen) atoms. The van der Waals surface area contributed by atoms with Crippen molar-refractivity contribution in [3.8, 4) is 22.5 Å². The molecule has 0 bridgehead atoms. The summed E-state index contributed by atoms with van der Waals surface area (Å²) in [6, 6.07) is 9.72. The highest BCUT2D eigenvalue weighted by atomic mass is 79.9. The molecule has 3 rings (SSSR count). The smallest absolute Gasteiger partial charge is 0.212 e. The minimum Gasteiger partial charge on any atom is -0.382 e. The van der Waals surface area contributed by atoms with Crippen molar-refractivity contribution in [2.24, 2.45) is 0 Å². The standard InChI is InChI=1S/C14H10BrN5S/c1-8-7-21-14(18-8)20-13(17)11(6-16)12(19-20)9-2-4-10(15)5-3-9/h2-5,7H,17H2,1H3. The molecule has 2 N–H and O–H groups in total. The Hall–Kier alpha value is -2.17. The molecule has 0 radical (unpaired) electrons. The second-order valence-corrected chi connectivity index (χ2v) is 6.16. The zero-order valence-corrected chi connectivity index (χ0v) is 13.4. The lowest BCUT2D eigenvalue weighted by Crippen LogP contribution is -2.02. The number of nitrogens with two attached hydrogens (primary N) is 1. The zero-order chi connectivity index (χ0) is 15.0. The SMILES string of the molecule is Cc1csc(-n2nc(-c3ccc(Br)cc3)c(C#N)c2N)n1. The minimum absolute atomic E-state index is 0.310. The van der Waals surface area contributed by atoms with Crippen LogP contribution in [0.5, 0.6) is 0 Å². The van der Waals surface area contributed by atoms with E-state index in [2.05, 4.69) is 32.1 Å². The van der Waals surface area contributed by atoms with E-state index in [0.29, 0.717) is 22.2 Å². The van der Waals surface area contributed by atoms with E-state index in [0.717, 1.165) is 15.7 Å². The third-order valence-electron chi connectivity index (χ3n) is 2.94. The third kappa shape index (κ3) is 2.44. The van der Waals surface area contributed by atoms with Crippen LogP contribution in [-0.4, -0.2) is 14.8 Å². The molecular weight excluding hydrogens is 350 g/mol. The maximum absolute atomic E-state index is 9.37. The van der Waals surface area contributed by atoms with Crippen LogP contribution in [0.15, 0.2) is 34.1 Å². The Morgan fingerprint density at radius 3 is 2.62 bits per heavy atom. The summed E-state index contributed by atoms with van der Waals surface area (Å²) in [5.41, 5.74) is 8.73. The molecule has 0 fully saturated rings. The maximum atomic E-state index is 9.37. The van der Waals surface area contributed by atoms with E-state index >= 15 is 0 Å². The zero-order valence-electron chi connectivity index (χ0n) is 11.0. The van der Waals surface area contributed by atoms with Gasteiger partial charge < -0.3 is 5.73 Å². The van der Waals surface area contributed by atoms with Crippen molar-refractivity contribution in [1.29, 1.82) is 5.26 Å². The van der Waals surface area contributed by atoms with Crippen LogP contribution < -0.4 is 5.73 Å². The molecule has 5 nitrogen and oxygen atoms in total. The topological polar surface area (TPSA) is 80.5 Å². The summed E-state index contributed by atoms with van der Waals surface area (Å²) in [6.07, 6.45) is 0. The number of rotatable bonds is 2. The molecule has 3 aromatic rings. The van der Waals surface area contributed by atoms with E-state index in [-0.39, 0.29) is 0 Å². The molecule has 0 amide bonds. The molecule has 0 aliphatic heterocycles. The van der Waals surface area contributed by atoms with Gasteiger partial charge >= 0.3 is 0 Å². The van der Waals surface area contributed by atoms with Gasteiger partial charge in [0.05, 0.1) is 5.69 Å². The lowest BCUT2D eigenvalue weighted by Gasteiger charge is -1.97. The fourth-order valence-corrected chi connectivity index (χ4v) is 2.96. The van der Waals surface area contributed by atoms with Crippen LogP contribution in [0, 0.1) is 18.3 Å². The second-order valence-electron chi connectivity index (χ2n) is 4.41. The van der Waals surface area contributed by atoms with Crippen molar-refractivity contribution >= 4 is 33.1 Å². The summed E-state index contributed by atoms with van der Waals surface area (Å²) in [4.78, 5) is 4.36. The van der Waals surface area contributed by atoms with Gasteiger partial charge in [0, 0.05) is 15.4 Å². The van der Waals surface area contributed by atoms with Crippen LogP contribution in [0.25, 0.3) is 16.4 Å². The Labute approximate surface area is 133 Å². The number of halogens is 1. The number of nitrogen functional groups attached to an aromatic ring is 1. The number of anilines is 1. The summed E-state index contributed by atoms with van der Waals surface area (Å²) >= 11 is 4.83. The second kappa shape index (κ2) is 5.31. The molecule has 104 valence electrons. The number of thiazole rings is 1. The van der Waals surface area contributed by atoms with Gasteiger partial charge in [-0.1, -0.05) is 28.1 Å². The van der Waals surface area contributed by atoms with Crippen molar-refractivity contribution in [3.63, 3.8) is 0 Å². The third-order valence-corrected chi connectivity index (χ3v) is 4.40. The highest BCUT2D eigenvalue weighted by molar-refractivity contribution is 9.10. The Balaban J connectivity index is 2.18. The van der Waals surface area contributed by atoms with Gasteiger partial charge in [0.1, 0.15) is 23.1 Å². The van der Waals surface area contributed by atoms with Gasteiger partial charge in [-0.2, -0.15) is 15.0 Å². The summed E-state index contributed by atoms with van der Waals surface area (Å²) < 4.78 is 2.49. The van der Waals surface area contributed by atoms with E-state index in [1.807, 2.05) is 36.6 Å². The number of aromatic nitrogens is 3. The van der Waals surface area contributed by atoms with Gasteiger partial charge in [-0.05, 0) is 19.1 Å². The molecule has 0 saturated carbocycles. The molecule has 0 aliphatic rings. The van der Waals surface area contributed by atoms with Crippen molar-refractivity contribution in [1.82, 2.24) is 14.8 Å². The van der Waals surface area contributed by atoms with Crippen LogP contribution in [0.2, 0.25) is 0 Å². The molecule has 2 aromatic heterocycles. The molecule has 7 heteroatoms.